The lowest BCUT2D eigenvalue weighted by Crippen LogP contribution is -2.30. The lowest BCUT2D eigenvalue weighted by atomic mass is 10.3. The van der Waals surface area contributed by atoms with E-state index < -0.39 is 9.05 Å². The van der Waals surface area contributed by atoms with Gasteiger partial charge in [0.25, 0.3) is 15.0 Å². The van der Waals surface area contributed by atoms with E-state index in [1.165, 1.54) is 6.07 Å². The molecule has 110 valence electrons. The Balaban J connectivity index is 2.08. The molecule has 0 radical (unpaired) electrons. The number of carbonyl (C=O) groups is 1. The number of halogens is 3. The van der Waals surface area contributed by atoms with Crippen LogP contribution in [0.15, 0.2) is 17.0 Å². The molecule has 2 rings (SSSR count). The topological polar surface area (TPSA) is 72.5 Å². The first-order chi connectivity index (χ1) is 9.27. The second-order valence-corrected chi connectivity index (χ2v) is 7.63. The Morgan fingerprint density at radius 1 is 1.30 bits per heavy atom. The number of hydrogen-bond donors (Lipinski definition) is 1. The fourth-order valence-electron chi connectivity index (χ4n) is 1.45. The highest BCUT2D eigenvalue weighted by atomic mass is 35.7. The first-order valence-corrected chi connectivity index (χ1v) is 8.70. The summed E-state index contributed by atoms with van der Waals surface area (Å²) >= 11 is 11.7. The van der Waals surface area contributed by atoms with E-state index in [-0.39, 0.29) is 39.2 Å². The van der Waals surface area contributed by atoms with Gasteiger partial charge in [-0.15, -0.1) is 0 Å². The number of carbonyl (C=O) groups excluding carboxylic acids is 1. The second kappa shape index (κ2) is 5.97. The number of amides is 1. The van der Waals surface area contributed by atoms with Crippen LogP contribution in [0.5, 0.6) is 5.75 Å². The first kappa shape index (κ1) is 15.7. The molecule has 1 aliphatic carbocycles. The normalized spacial score (nSPS) is 14.9. The van der Waals surface area contributed by atoms with Gasteiger partial charge in [0.2, 0.25) is 0 Å². The van der Waals surface area contributed by atoms with Crippen molar-refractivity contribution in [3.63, 3.8) is 0 Å². The number of hydrogen-bond acceptors (Lipinski definition) is 4. The molecule has 0 unspecified atom stereocenters. The van der Waals surface area contributed by atoms with E-state index in [0.29, 0.717) is 0 Å². The minimum absolute atomic E-state index is 0.00727. The Morgan fingerprint density at radius 2 is 1.95 bits per heavy atom. The minimum Gasteiger partial charge on any atom is -0.482 e. The summed E-state index contributed by atoms with van der Waals surface area (Å²) in [4.78, 5) is 11.2. The molecule has 1 fully saturated rings. The van der Waals surface area contributed by atoms with Gasteiger partial charge in [-0.2, -0.15) is 0 Å². The molecule has 9 heteroatoms. The summed E-state index contributed by atoms with van der Waals surface area (Å²) in [5, 5.41) is 2.62. The fraction of sp³-hybridized carbons (Fsp3) is 0.364. The van der Waals surface area contributed by atoms with Crippen molar-refractivity contribution in [2.45, 2.75) is 23.8 Å². The highest BCUT2D eigenvalue weighted by Gasteiger charge is 2.23. The molecule has 0 bridgehead atoms. The highest BCUT2D eigenvalue weighted by Crippen LogP contribution is 2.35. The predicted octanol–water partition coefficient (Wildman–Crippen LogP) is 2.58. The molecule has 0 aliphatic heterocycles. The fourth-order valence-corrected chi connectivity index (χ4v) is 3.24. The van der Waals surface area contributed by atoms with Crippen molar-refractivity contribution in [3.05, 3.63) is 22.2 Å². The van der Waals surface area contributed by atoms with Crippen molar-refractivity contribution >= 4 is 48.8 Å². The third kappa shape index (κ3) is 4.15. The zero-order valence-electron chi connectivity index (χ0n) is 10.0. The summed E-state index contributed by atoms with van der Waals surface area (Å²) < 4.78 is 27.7. The van der Waals surface area contributed by atoms with Crippen molar-refractivity contribution in [2.24, 2.45) is 0 Å². The third-order valence-corrected chi connectivity index (χ3v) is 4.63. The van der Waals surface area contributed by atoms with Gasteiger partial charge in [0.1, 0.15) is 10.6 Å². The summed E-state index contributed by atoms with van der Waals surface area (Å²) in [6, 6.07) is 2.53. The third-order valence-electron chi connectivity index (χ3n) is 2.55. The minimum atomic E-state index is -3.99. The zero-order chi connectivity index (χ0) is 14.9. The van der Waals surface area contributed by atoms with Crippen LogP contribution in [0, 0.1) is 0 Å². The van der Waals surface area contributed by atoms with Crippen LogP contribution in [-0.4, -0.2) is 27.0 Å². The van der Waals surface area contributed by atoms with Gasteiger partial charge in [-0.05, 0) is 18.9 Å². The summed E-state index contributed by atoms with van der Waals surface area (Å²) in [6.07, 6.45) is 1.95. The van der Waals surface area contributed by atoms with E-state index in [1.807, 2.05) is 0 Å². The number of nitrogens with one attached hydrogen (secondary N) is 1. The van der Waals surface area contributed by atoms with Gasteiger partial charge in [-0.1, -0.05) is 23.2 Å². The highest BCUT2D eigenvalue weighted by molar-refractivity contribution is 8.13. The van der Waals surface area contributed by atoms with Crippen molar-refractivity contribution in [1.82, 2.24) is 5.32 Å². The van der Waals surface area contributed by atoms with E-state index in [0.717, 1.165) is 18.9 Å². The second-order valence-electron chi connectivity index (χ2n) is 4.28. The first-order valence-electron chi connectivity index (χ1n) is 5.63. The molecule has 0 heterocycles. The van der Waals surface area contributed by atoms with Gasteiger partial charge < -0.3 is 10.1 Å². The maximum atomic E-state index is 11.5. The van der Waals surface area contributed by atoms with Crippen LogP contribution >= 0.6 is 33.9 Å². The lowest BCUT2D eigenvalue weighted by molar-refractivity contribution is -0.123. The van der Waals surface area contributed by atoms with Crippen molar-refractivity contribution < 1.29 is 17.9 Å². The molecule has 20 heavy (non-hydrogen) atoms. The van der Waals surface area contributed by atoms with Crippen LogP contribution in [0.4, 0.5) is 0 Å². The van der Waals surface area contributed by atoms with Gasteiger partial charge >= 0.3 is 0 Å². The van der Waals surface area contributed by atoms with Crippen LogP contribution in [0.1, 0.15) is 12.8 Å². The number of ether oxygens (including phenoxy) is 1. The molecule has 1 saturated carbocycles. The van der Waals surface area contributed by atoms with Crippen LogP contribution in [-0.2, 0) is 13.8 Å². The Kier molecular flexibility index (Phi) is 4.69. The van der Waals surface area contributed by atoms with Crippen molar-refractivity contribution in [3.8, 4) is 5.75 Å². The molecule has 5 nitrogen and oxygen atoms in total. The van der Waals surface area contributed by atoms with Gasteiger partial charge in [0.05, 0.1) is 10.0 Å². The van der Waals surface area contributed by atoms with Gasteiger partial charge in [-0.25, -0.2) is 8.42 Å². The van der Waals surface area contributed by atoms with E-state index in [2.05, 4.69) is 5.32 Å². The number of rotatable bonds is 5. The van der Waals surface area contributed by atoms with Crippen LogP contribution < -0.4 is 10.1 Å². The van der Waals surface area contributed by atoms with Gasteiger partial charge in [-0.3, -0.25) is 4.79 Å². The van der Waals surface area contributed by atoms with E-state index >= 15 is 0 Å². The standard InChI is InChI=1S/C11H10Cl3NO4S/c12-7-4-10(20(14,17)18)8(13)3-9(7)19-5-11(16)15-6-1-2-6/h3-4,6H,1-2,5H2,(H,15,16). The van der Waals surface area contributed by atoms with E-state index in [1.54, 1.807) is 0 Å². The Hall–Kier alpha value is -0.690. The average molecular weight is 359 g/mol. The average Bonchev–Trinajstić information content (AvgIpc) is 3.12. The molecular formula is C11H10Cl3NO4S. The summed E-state index contributed by atoms with van der Waals surface area (Å²) in [5.74, 6) is -0.152. The molecule has 0 saturated heterocycles. The maximum absolute atomic E-state index is 11.5. The van der Waals surface area contributed by atoms with E-state index in [4.69, 9.17) is 38.6 Å². The summed E-state index contributed by atoms with van der Waals surface area (Å²) in [6.45, 7) is -0.223. The zero-order valence-corrected chi connectivity index (χ0v) is 13.1. The molecule has 1 N–H and O–H groups in total. The van der Waals surface area contributed by atoms with Crippen LogP contribution in [0.2, 0.25) is 10.0 Å². The van der Waals surface area contributed by atoms with Crippen molar-refractivity contribution in [1.29, 1.82) is 0 Å². The smallest absolute Gasteiger partial charge is 0.262 e. The largest absolute Gasteiger partial charge is 0.482 e. The molecule has 1 amide bonds. The van der Waals surface area contributed by atoms with Gasteiger partial charge in [0.15, 0.2) is 6.61 Å². The maximum Gasteiger partial charge on any atom is 0.262 e. The quantitative estimate of drug-likeness (QED) is 0.821. The summed E-state index contributed by atoms with van der Waals surface area (Å²) in [5.41, 5.74) is 0. The molecule has 0 atom stereocenters. The molecular weight excluding hydrogens is 349 g/mol. The van der Waals surface area contributed by atoms with Crippen LogP contribution in [0.3, 0.4) is 0 Å². The molecule has 0 spiro atoms. The van der Waals surface area contributed by atoms with Crippen LogP contribution in [0.25, 0.3) is 0 Å². The Morgan fingerprint density at radius 3 is 2.50 bits per heavy atom. The number of benzene rings is 1. The molecule has 1 aliphatic rings. The monoisotopic (exact) mass is 357 g/mol. The van der Waals surface area contributed by atoms with Gasteiger partial charge in [0, 0.05) is 22.8 Å². The lowest BCUT2D eigenvalue weighted by Gasteiger charge is -2.10. The molecule has 0 aromatic heterocycles. The Labute approximate surface area is 130 Å². The SMILES string of the molecule is O=C(COc1cc(Cl)c(S(=O)(=O)Cl)cc1Cl)NC1CC1. The molecule has 1 aromatic carbocycles. The Bertz CT molecular complexity index is 643. The van der Waals surface area contributed by atoms with E-state index in [9.17, 15) is 13.2 Å². The van der Waals surface area contributed by atoms with Crippen molar-refractivity contribution in [2.75, 3.05) is 6.61 Å². The molecule has 1 aromatic rings. The predicted molar refractivity (Wildman–Crippen MR) is 76.2 cm³/mol. The summed E-state index contributed by atoms with van der Waals surface area (Å²) in [7, 11) is 1.21.